The van der Waals surface area contributed by atoms with Crippen LogP contribution in [0.25, 0.3) is 0 Å². The predicted octanol–water partition coefficient (Wildman–Crippen LogP) is -0.0669. The number of nitrogens with one attached hydrogen (secondary N) is 2. The maximum atomic E-state index is 11.7. The maximum Gasteiger partial charge on any atom is 0.328 e. The molecule has 0 radical (unpaired) electrons. The Morgan fingerprint density at radius 2 is 2.00 bits per heavy atom. The van der Waals surface area contributed by atoms with Crippen molar-refractivity contribution in [3.63, 3.8) is 0 Å². The lowest BCUT2D eigenvalue weighted by Crippen LogP contribution is -2.64. The summed E-state index contributed by atoms with van der Waals surface area (Å²) < 4.78 is 5.26. The standard InChI is InChI=1S/C12H22N2O5/c1-6(15)9(10(16)17)14-11(18)13-7-5-8(19-4)12(7,2)3/h6-9,15H,5H2,1-4H3,(H,16,17)(H2,13,14,18)/t6-,7?,8?,9+/m1/s1. The quantitative estimate of drug-likeness (QED) is 0.561. The molecule has 0 heterocycles. The van der Waals surface area contributed by atoms with E-state index >= 15 is 0 Å². The number of amides is 2. The Morgan fingerprint density at radius 1 is 1.42 bits per heavy atom. The number of rotatable bonds is 5. The van der Waals surface area contributed by atoms with E-state index in [1.165, 1.54) is 6.92 Å². The third-order valence-electron chi connectivity index (χ3n) is 3.80. The van der Waals surface area contributed by atoms with Crippen molar-refractivity contribution >= 4 is 12.0 Å². The highest BCUT2D eigenvalue weighted by Crippen LogP contribution is 2.42. The van der Waals surface area contributed by atoms with Crippen LogP contribution in [0.15, 0.2) is 0 Å². The summed E-state index contributed by atoms with van der Waals surface area (Å²) in [5, 5.41) is 23.1. The van der Waals surface area contributed by atoms with E-state index in [2.05, 4.69) is 10.6 Å². The van der Waals surface area contributed by atoms with Gasteiger partial charge in [0.2, 0.25) is 0 Å². The van der Waals surface area contributed by atoms with E-state index in [0.717, 1.165) is 0 Å². The lowest BCUT2D eigenvalue weighted by atomic mass is 9.64. The van der Waals surface area contributed by atoms with Crippen molar-refractivity contribution in [1.82, 2.24) is 10.6 Å². The van der Waals surface area contributed by atoms with Gasteiger partial charge < -0.3 is 25.6 Å². The zero-order chi connectivity index (χ0) is 14.8. The monoisotopic (exact) mass is 274 g/mol. The van der Waals surface area contributed by atoms with E-state index in [0.29, 0.717) is 6.42 Å². The van der Waals surface area contributed by atoms with Crippen molar-refractivity contribution < 1.29 is 24.5 Å². The zero-order valence-electron chi connectivity index (χ0n) is 11.6. The number of methoxy groups -OCH3 is 1. The van der Waals surface area contributed by atoms with Gasteiger partial charge in [-0.1, -0.05) is 13.8 Å². The first-order valence-electron chi connectivity index (χ1n) is 6.20. The number of carboxylic acids is 1. The molecule has 2 amide bonds. The van der Waals surface area contributed by atoms with Gasteiger partial charge in [-0.2, -0.15) is 0 Å². The summed E-state index contributed by atoms with van der Waals surface area (Å²) in [4.78, 5) is 22.6. The minimum atomic E-state index is -1.32. The fourth-order valence-electron chi connectivity index (χ4n) is 2.26. The zero-order valence-corrected chi connectivity index (χ0v) is 11.6. The molecule has 4 N–H and O–H groups in total. The molecular formula is C12H22N2O5. The topological polar surface area (TPSA) is 108 Å². The summed E-state index contributed by atoms with van der Waals surface area (Å²) in [6.45, 7) is 5.26. The Balaban J connectivity index is 2.51. The number of aliphatic hydroxyl groups is 1. The van der Waals surface area contributed by atoms with Gasteiger partial charge in [0.15, 0.2) is 6.04 Å². The maximum absolute atomic E-state index is 11.7. The van der Waals surface area contributed by atoms with Gasteiger partial charge in [-0.3, -0.25) is 0 Å². The molecule has 0 aromatic rings. The van der Waals surface area contributed by atoms with E-state index in [4.69, 9.17) is 9.84 Å². The van der Waals surface area contributed by atoms with E-state index in [1.54, 1.807) is 7.11 Å². The second-order valence-electron chi connectivity index (χ2n) is 5.51. The number of hydrogen-bond acceptors (Lipinski definition) is 4. The largest absolute Gasteiger partial charge is 0.480 e. The third-order valence-corrected chi connectivity index (χ3v) is 3.80. The molecule has 7 heteroatoms. The van der Waals surface area contributed by atoms with Crippen molar-refractivity contribution in [3.8, 4) is 0 Å². The number of ether oxygens (including phenoxy) is 1. The van der Waals surface area contributed by atoms with Gasteiger partial charge >= 0.3 is 12.0 Å². The summed E-state index contributed by atoms with van der Waals surface area (Å²) in [5.74, 6) is -1.27. The molecule has 1 saturated carbocycles. The predicted molar refractivity (Wildman–Crippen MR) is 67.8 cm³/mol. The van der Waals surface area contributed by atoms with Crippen LogP contribution in [-0.2, 0) is 9.53 Å². The van der Waals surface area contributed by atoms with Crippen molar-refractivity contribution in [3.05, 3.63) is 0 Å². The smallest absolute Gasteiger partial charge is 0.328 e. The number of carbonyl (C=O) groups is 2. The lowest BCUT2D eigenvalue weighted by Gasteiger charge is -2.51. The van der Waals surface area contributed by atoms with E-state index in [-0.39, 0.29) is 17.6 Å². The van der Waals surface area contributed by atoms with Gasteiger partial charge in [0.1, 0.15) is 0 Å². The normalized spacial score (nSPS) is 27.8. The average Bonchev–Trinajstić information content (AvgIpc) is 2.30. The van der Waals surface area contributed by atoms with Crippen LogP contribution in [0, 0.1) is 5.41 Å². The van der Waals surface area contributed by atoms with E-state index in [9.17, 15) is 14.7 Å². The number of carboxylic acid groups (broad SMARTS) is 1. The first kappa shape index (κ1) is 15.7. The summed E-state index contributed by atoms with van der Waals surface area (Å²) in [6, 6.07) is -2.00. The number of hydrogen-bond donors (Lipinski definition) is 4. The van der Waals surface area contributed by atoms with Crippen LogP contribution in [0.1, 0.15) is 27.2 Å². The fraction of sp³-hybridized carbons (Fsp3) is 0.833. The number of carbonyl (C=O) groups excluding carboxylic acids is 1. The molecule has 7 nitrogen and oxygen atoms in total. The molecule has 2 unspecified atom stereocenters. The van der Waals surface area contributed by atoms with Crippen LogP contribution in [0.5, 0.6) is 0 Å². The fourth-order valence-corrected chi connectivity index (χ4v) is 2.26. The second kappa shape index (κ2) is 5.75. The number of aliphatic carboxylic acids is 1. The van der Waals surface area contributed by atoms with Crippen molar-refractivity contribution in [2.75, 3.05) is 7.11 Å². The van der Waals surface area contributed by atoms with Gasteiger partial charge in [0.25, 0.3) is 0 Å². The Morgan fingerprint density at radius 3 is 2.37 bits per heavy atom. The van der Waals surface area contributed by atoms with Crippen molar-refractivity contribution in [1.29, 1.82) is 0 Å². The van der Waals surface area contributed by atoms with E-state index < -0.39 is 24.1 Å². The molecule has 0 aromatic heterocycles. The average molecular weight is 274 g/mol. The molecule has 19 heavy (non-hydrogen) atoms. The SMILES string of the molecule is COC1CC(NC(=O)N[C@H](C(=O)O)[C@@H](C)O)C1(C)C. The van der Waals surface area contributed by atoms with Crippen molar-refractivity contribution in [2.45, 2.75) is 51.5 Å². The molecule has 1 aliphatic carbocycles. The van der Waals surface area contributed by atoms with Gasteiger partial charge in [0, 0.05) is 18.6 Å². The molecule has 0 aliphatic heterocycles. The minimum Gasteiger partial charge on any atom is -0.480 e. The van der Waals surface area contributed by atoms with Gasteiger partial charge in [-0.15, -0.1) is 0 Å². The van der Waals surface area contributed by atoms with E-state index in [1.807, 2.05) is 13.8 Å². The highest BCUT2D eigenvalue weighted by molar-refractivity contribution is 5.83. The minimum absolute atomic E-state index is 0.0739. The van der Waals surface area contributed by atoms with Crippen LogP contribution in [0.3, 0.4) is 0 Å². The summed E-state index contributed by atoms with van der Waals surface area (Å²) >= 11 is 0. The Labute approximate surface area is 112 Å². The molecule has 1 fully saturated rings. The Hall–Kier alpha value is -1.34. The summed E-state index contributed by atoms with van der Waals surface area (Å²) in [6.07, 6.45) is -0.405. The van der Waals surface area contributed by atoms with Crippen LogP contribution in [-0.4, -0.2) is 53.6 Å². The summed E-state index contributed by atoms with van der Waals surface area (Å²) in [7, 11) is 1.62. The first-order valence-corrected chi connectivity index (χ1v) is 6.20. The summed E-state index contributed by atoms with van der Waals surface area (Å²) in [5.41, 5.74) is -0.199. The van der Waals surface area contributed by atoms with Gasteiger partial charge in [-0.05, 0) is 13.3 Å². The molecule has 0 spiro atoms. The highest BCUT2D eigenvalue weighted by atomic mass is 16.5. The third kappa shape index (κ3) is 3.36. The first-order chi connectivity index (χ1) is 8.70. The van der Waals surface area contributed by atoms with Gasteiger partial charge in [0.05, 0.1) is 12.2 Å². The molecule has 1 aliphatic rings. The van der Waals surface area contributed by atoms with Gasteiger partial charge in [-0.25, -0.2) is 9.59 Å². The van der Waals surface area contributed by atoms with Crippen LogP contribution in [0.2, 0.25) is 0 Å². The lowest BCUT2D eigenvalue weighted by molar-refractivity contribution is -0.141. The van der Waals surface area contributed by atoms with Crippen molar-refractivity contribution in [2.24, 2.45) is 5.41 Å². The molecule has 0 bridgehead atoms. The molecule has 4 atom stereocenters. The molecule has 0 saturated heterocycles. The second-order valence-corrected chi connectivity index (χ2v) is 5.51. The number of urea groups is 1. The molecular weight excluding hydrogens is 252 g/mol. The number of aliphatic hydroxyl groups excluding tert-OH is 1. The van der Waals surface area contributed by atoms with Crippen LogP contribution in [0.4, 0.5) is 4.79 Å². The molecule has 0 aromatic carbocycles. The van der Waals surface area contributed by atoms with Crippen LogP contribution < -0.4 is 10.6 Å². The Bertz CT molecular complexity index is 356. The molecule has 110 valence electrons. The Kier molecular flexibility index (Phi) is 4.75. The van der Waals surface area contributed by atoms with Crippen LogP contribution >= 0.6 is 0 Å². The highest BCUT2D eigenvalue weighted by Gasteiger charge is 2.49. The molecule has 1 rings (SSSR count).